The molecule has 1 aliphatic carbocycles. The SMILES string of the molecule is O=C([O-])C1CC2(CCN(Cc3ccc4c(c3)Nc3nccnc3S4)C2)C1.[Na+]. The number of likely N-dealkylation sites (tertiary alicyclic amines) is 1. The van der Waals surface area contributed by atoms with Gasteiger partial charge in [0, 0.05) is 36.3 Å². The average Bonchev–Trinajstić information content (AvgIpc) is 3.03. The molecule has 5 rings (SSSR count). The molecule has 0 amide bonds. The summed E-state index contributed by atoms with van der Waals surface area (Å²) in [4.78, 5) is 23.3. The van der Waals surface area contributed by atoms with E-state index in [2.05, 4.69) is 38.4 Å². The summed E-state index contributed by atoms with van der Waals surface area (Å²) in [6.07, 6.45) is 6.07. The summed E-state index contributed by atoms with van der Waals surface area (Å²) in [5.74, 6) is -0.304. The van der Waals surface area contributed by atoms with Crippen LogP contribution >= 0.6 is 11.8 Å². The van der Waals surface area contributed by atoms with Crippen LogP contribution in [-0.4, -0.2) is 33.9 Å². The first-order valence-corrected chi connectivity index (χ1v) is 9.74. The molecule has 1 N–H and O–H groups in total. The number of aliphatic carboxylic acids is 1. The number of carboxylic acid groups (broad SMARTS) is 1. The number of fused-ring (bicyclic) bond motifs is 2. The molecule has 1 aromatic carbocycles. The summed E-state index contributed by atoms with van der Waals surface area (Å²) in [5, 5.41) is 15.3. The van der Waals surface area contributed by atoms with Gasteiger partial charge in [-0.15, -0.1) is 0 Å². The van der Waals surface area contributed by atoms with E-state index in [0.717, 1.165) is 60.3 Å². The van der Waals surface area contributed by atoms with Crippen LogP contribution in [0.5, 0.6) is 0 Å². The molecule has 1 saturated carbocycles. The van der Waals surface area contributed by atoms with E-state index in [0.29, 0.717) is 0 Å². The molecule has 1 saturated heterocycles. The van der Waals surface area contributed by atoms with Crippen molar-refractivity contribution in [2.45, 2.75) is 35.7 Å². The normalized spacial score (nSPS) is 25.7. The Morgan fingerprint density at radius 2 is 2.15 bits per heavy atom. The van der Waals surface area contributed by atoms with Crippen molar-refractivity contribution >= 4 is 29.2 Å². The maximum atomic E-state index is 11.0. The molecule has 134 valence electrons. The van der Waals surface area contributed by atoms with Crippen molar-refractivity contribution in [2.75, 3.05) is 18.4 Å². The van der Waals surface area contributed by atoms with Crippen LogP contribution in [0.1, 0.15) is 24.8 Å². The number of rotatable bonds is 3. The molecular weight excluding hydrogens is 371 g/mol. The first-order valence-electron chi connectivity index (χ1n) is 8.92. The van der Waals surface area contributed by atoms with Crippen molar-refractivity contribution in [2.24, 2.45) is 11.3 Å². The van der Waals surface area contributed by atoms with Crippen molar-refractivity contribution in [3.05, 3.63) is 36.2 Å². The van der Waals surface area contributed by atoms with Gasteiger partial charge in [0.05, 0.1) is 5.69 Å². The monoisotopic (exact) mass is 390 g/mol. The van der Waals surface area contributed by atoms with Gasteiger partial charge in [0.15, 0.2) is 5.82 Å². The minimum absolute atomic E-state index is 0. The fourth-order valence-electron chi connectivity index (χ4n) is 4.49. The minimum atomic E-state index is -0.879. The van der Waals surface area contributed by atoms with Crippen molar-refractivity contribution in [1.82, 2.24) is 14.9 Å². The zero-order valence-electron chi connectivity index (χ0n) is 15.3. The summed E-state index contributed by atoms with van der Waals surface area (Å²) in [7, 11) is 0. The van der Waals surface area contributed by atoms with Gasteiger partial charge in [-0.3, -0.25) is 4.90 Å². The third-order valence-corrected chi connectivity index (χ3v) is 6.85. The Bertz CT molecular complexity index is 888. The van der Waals surface area contributed by atoms with E-state index in [1.807, 2.05) is 0 Å². The Labute approximate surface area is 184 Å². The summed E-state index contributed by atoms with van der Waals surface area (Å²) in [6, 6.07) is 6.50. The fraction of sp³-hybridized carbons (Fsp3) is 0.421. The van der Waals surface area contributed by atoms with Crippen LogP contribution in [0.4, 0.5) is 11.5 Å². The summed E-state index contributed by atoms with van der Waals surface area (Å²) >= 11 is 1.64. The molecule has 2 fully saturated rings. The van der Waals surface area contributed by atoms with E-state index in [1.54, 1.807) is 24.2 Å². The molecule has 0 radical (unpaired) electrons. The Morgan fingerprint density at radius 3 is 2.96 bits per heavy atom. The number of benzene rings is 1. The molecule has 0 bridgehead atoms. The van der Waals surface area contributed by atoms with Crippen LogP contribution in [0.15, 0.2) is 40.5 Å². The Kier molecular flexibility index (Phi) is 5.24. The third-order valence-electron chi connectivity index (χ3n) is 5.78. The van der Waals surface area contributed by atoms with Gasteiger partial charge in [-0.1, -0.05) is 17.8 Å². The van der Waals surface area contributed by atoms with E-state index in [9.17, 15) is 9.90 Å². The van der Waals surface area contributed by atoms with Crippen molar-refractivity contribution < 1.29 is 39.5 Å². The predicted molar refractivity (Wildman–Crippen MR) is 95.9 cm³/mol. The van der Waals surface area contributed by atoms with E-state index >= 15 is 0 Å². The fourth-order valence-corrected chi connectivity index (χ4v) is 5.36. The minimum Gasteiger partial charge on any atom is -0.550 e. The predicted octanol–water partition coefficient (Wildman–Crippen LogP) is -0.959. The van der Waals surface area contributed by atoms with Crippen molar-refractivity contribution in [1.29, 1.82) is 0 Å². The second kappa shape index (κ2) is 7.37. The number of carbonyl (C=O) groups excluding carboxylic acids is 1. The summed E-state index contributed by atoms with van der Waals surface area (Å²) in [5.41, 5.74) is 2.55. The van der Waals surface area contributed by atoms with Crippen LogP contribution in [0, 0.1) is 11.3 Å². The molecular formula is C19H19N4NaO2S. The van der Waals surface area contributed by atoms with Crippen LogP contribution < -0.4 is 40.0 Å². The molecule has 0 unspecified atom stereocenters. The number of hydrogen-bond donors (Lipinski definition) is 1. The van der Waals surface area contributed by atoms with E-state index in [-0.39, 0.29) is 40.9 Å². The van der Waals surface area contributed by atoms with Gasteiger partial charge in [-0.05, 0) is 54.8 Å². The summed E-state index contributed by atoms with van der Waals surface area (Å²) in [6.45, 7) is 2.92. The largest absolute Gasteiger partial charge is 1.00 e. The molecule has 27 heavy (non-hydrogen) atoms. The number of nitrogens with zero attached hydrogens (tertiary/aromatic N) is 3. The number of nitrogens with one attached hydrogen (secondary N) is 1. The third kappa shape index (κ3) is 3.63. The number of carbonyl (C=O) groups is 1. The van der Waals surface area contributed by atoms with Gasteiger partial charge in [-0.2, -0.15) is 0 Å². The van der Waals surface area contributed by atoms with Gasteiger partial charge < -0.3 is 15.2 Å². The Morgan fingerprint density at radius 1 is 1.33 bits per heavy atom. The second-order valence-corrected chi connectivity index (χ2v) is 8.68. The quantitative estimate of drug-likeness (QED) is 0.577. The van der Waals surface area contributed by atoms with Crippen molar-refractivity contribution in [3.8, 4) is 0 Å². The van der Waals surface area contributed by atoms with E-state index < -0.39 is 5.97 Å². The first kappa shape index (κ1) is 19.2. The van der Waals surface area contributed by atoms with Crippen LogP contribution in [0.3, 0.4) is 0 Å². The van der Waals surface area contributed by atoms with E-state index in [1.165, 1.54) is 5.56 Å². The Balaban J connectivity index is 0.00000180. The van der Waals surface area contributed by atoms with Crippen LogP contribution in [0.2, 0.25) is 0 Å². The van der Waals surface area contributed by atoms with E-state index in [4.69, 9.17) is 0 Å². The van der Waals surface area contributed by atoms with Gasteiger partial charge in [0.25, 0.3) is 0 Å². The standard InChI is InChI=1S/C19H20N4O2S.Na/c24-18(25)13-8-19(9-13)3-6-23(11-19)10-12-1-2-15-14(7-12)22-16-17(26-15)21-5-4-20-16;/h1-2,4-5,7,13H,3,6,8-11H2,(H,20,22)(H,24,25);/q;+1/p-1. The number of anilines is 2. The number of aromatic nitrogens is 2. The number of carboxylic acids is 1. The van der Waals surface area contributed by atoms with Gasteiger partial charge in [0.2, 0.25) is 0 Å². The molecule has 1 spiro atoms. The number of hydrogen-bond acceptors (Lipinski definition) is 7. The van der Waals surface area contributed by atoms with Gasteiger partial charge >= 0.3 is 29.6 Å². The molecule has 6 nitrogen and oxygen atoms in total. The maximum Gasteiger partial charge on any atom is 1.00 e. The molecule has 8 heteroatoms. The van der Waals surface area contributed by atoms with Crippen LogP contribution in [-0.2, 0) is 11.3 Å². The van der Waals surface area contributed by atoms with Crippen LogP contribution in [0.25, 0.3) is 0 Å². The molecule has 0 atom stereocenters. The molecule has 3 heterocycles. The smallest absolute Gasteiger partial charge is 0.550 e. The molecule has 3 aliphatic rings. The molecule has 1 aromatic heterocycles. The molecule has 2 aromatic rings. The van der Waals surface area contributed by atoms with Crippen molar-refractivity contribution in [3.63, 3.8) is 0 Å². The molecule has 2 aliphatic heterocycles. The average molecular weight is 390 g/mol. The second-order valence-electron chi connectivity index (χ2n) is 7.65. The Hall–Kier alpha value is -1.12. The van der Waals surface area contributed by atoms with Gasteiger partial charge in [0.1, 0.15) is 5.03 Å². The maximum absolute atomic E-state index is 11.0. The first-order chi connectivity index (χ1) is 12.6. The topological polar surface area (TPSA) is 81.2 Å². The zero-order valence-corrected chi connectivity index (χ0v) is 18.1. The summed E-state index contributed by atoms with van der Waals surface area (Å²) < 4.78 is 0. The zero-order chi connectivity index (χ0) is 17.7. The van der Waals surface area contributed by atoms with Gasteiger partial charge in [-0.25, -0.2) is 9.97 Å².